The first kappa shape index (κ1) is 14.1. The molecule has 1 N–H and O–H groups in total. The zero-order chi connectivity index (χ0) is 13.7. The Labute approximate surface area is 116 Å². The average molecular weight is 260 g/mol. The summed E-state index contributed by atoms with van der Waals surface area (Å²) in [6.07, 6.45) is 3.89. The maximum atomic E-state index is 11.9. The van der Waals surface area contributed by atoms with E-state index >= 15 is 0 Å². The molecular formula is C16H24N2O. The molecule has 0 aromatic heterocycles. The molecule has 1 amide bonds. The second-order valence-corrected chi connectivity index (χ2v) is 5.65. The van der Waals surface area contributed by atoms with Crippen molar-refractivity contribution in [1.29, 1.82) is 0 Å². The topological polar surface area (TPSA) is 32.3 Å². The van der Waals surface area contributed by atoms with E-state index < -0.39 is 0 Å². The van der Waals surface area contributed by atoms with Gasteiger partial charge in [-0.3, -0.25) is 4.79 Å². The lowest BCUT2D eigenvalue weighted by molar-refractivity contribution is -0.121. The van der Waals surface area contributed by atoms with Gasteiger partial charge in [0.05, 0.1) is 0 Å². The van der Waals surface area contributed by atoms with E-state index in [9.17, 15) is 4.79 Å². The third kappa shape index (κ3) is 4.06. The van der Waals surface area contributed by atoms with E-state index in [1.807, 2.05) is 0 Å². The SMILES string of the molecule is CN(C)CCCNC(=O)CC1CCc2ccccc21. The molecule has 1 atom stereocenters. The van der Waals surface area contributed by atoms with Crippen molar-refractivity contribution in [3.63, 3.8) is 0 Å². The maximum Gasteiger partial charge on any atom is 0.220 e. The molecule has 3 heteroatoms. The van der Waals surface area contributed by atoms with Gasteiger partial charge in [-0.25, -0.2) is 0 Å². The number of carbonyl (C=O) groups excluding carboxylic acids is 1. The van der Waals surface area contributed by atoms with Crippen LogP contribution in [0.15, 0.2) is 24.3 Å². The zero-order valence-electron chi connectivity index (χ0n) is 12.0. The van der Waals surface area contributed by atoms with Crippen molar-refractivity contribution in [2.45, 2.75) is 31.6 Å². The highest BCUT2D eigenvalue weighted by atomic mass is 16.1. The molecule has 0 saturated heterocycles. The van der Waals surface area contributed by atoms with Gasteiger partial charge in [-0.1, -0.05) is 24.3 Å². The summed E-state index contributed by atoms with van der Waals surface area (Å²) in [6.45, 7) is 1.80. The minimum absolute atomic E-state index is 0.195. The molecule has 1 aromatic carbocycles. The zero-order valence-corrected chi connectivity index (χ0v) is 12.0. The van der Waals surface area contributed by atoms with Crippen LogP contribution >= 0.6 is 0 Å². The molecular weight excluding hydrogens is 236 g/mol. The molecule has 3 nitrogen and oxygen atoms in total. The highest BCUT2D eigenvalue weighted by Gasteiger charge is 2.23. The van der Waals surface area contributed by atoms with Gasteiger partial charge in [0.15, 0.2) is 0 Å². The smallest absolute Gasteiger partial charge is 0.220 e. The Morgan fingerprint density at radius 3 is 2.95 bits per heavy atom. The van der Waals surface area contributed by atoms with E-state index in [1.54, 1.807) is 0 Å². The lowest BCUT2D eigenvalue weighted by Gasteiger charge is -2.13. The number of benzene rings is 1. The molecule has 0 aliphatic heterocycles. The fourth-order valence-electron chi connectivity index (χ4n) is 2.78. The molecule has 0 saturated carbocycles. The summed E-state index contributed by atoms with van der Waals surface area (Å²) in [5.41, 5.74) is 2.80. The Morgan fingerprint density at radius 2 is 2.16 bits per heavy atom. The first-order chi connectivity index (χ1) is 9.16. The summed E-state index contributed by atoms with van der Waals surface area (Å²) in [5.74, 6) is 0.616. The number of aryl methyl sites for hydroxylation is 1. The molecule has 1 aliphatic rings. The molecule has 0 heterocycles. The first-order valence-corrected chi connectivity index (χ1v) is 7.16. The number of hydrogen-bond acceptors (Lipinski definition) is 2. The van der Waals surface area contributed by atoms with Gasteiger partial charge >= 0.3 is 0 Å². The van der Waals surface area contributed by atoms with Crippen LogP contribution in [0.2, 0.25) is 0 Å². The Balaban J connectivity index is 1.75. The fraction of sp³-hybridized carbons (Fsp3) is 0.562. The van der Waals surface area contributed by atoms with Crippen LogP contribution in [0.4, 0.5) is 0 Å². The lowest BCUT2D eigenvalue weighted by Crippen LogP contribution is -2.28. The van der Waals surface area contributed by atoms with E-state index in [4.69, 9.17) is 0 Å². The van der Waals surface area contributed by atoms with Crippen molar-refractivity contribution in [1.82, 2.24) is 10.2 Å². The number of nitrogens with zero attached hydrogens (tertiary/aromatic N) is 1. The lowest BCUT2D eigenvalue weighted by atomic mass is 9.97. The molecule has 1 aliphatic carbocycles. The molecule has 0 radical (unpaired) electrons. The second kappa shape index (κ2) is 6.71. The van der Waals surface area contributed by atoms with Gasteiger partial charge in [-0.15, -0.1) is 0 Å². The first-order valence-electron chi connectivity index (χ1n) is 7.16. The van der Waals surface area contributed by atoms with Crippen LogP contribution in [-0.4, -0.2) is 38.0 Å². The number of nitrogens with one attached hydrogen (secondary N) is 1. The van der Waals surface area contributed by atoms with E-state index in [0.29, 0.717) is 12.3 Å². The van der Waals surface area contributed by atoms with Crippen molar-refractivity contribution >= 4 is 5.91 Å². The highest BCUT2D eigenvalue weighted by Crippen LogP contribution is 2.34. The number of fused-ring (bicyclic) bond motifs is 1. The molecule has 1 aromatic rings. The molecule has 0 fully saturated rings. The third-order valence-electron chi connectivity index (χ3n) is 3.79. The van der Waals surface area contributed by atoms with E-state index in [2.05, 4.69) is 48.6 Å². The minimum atomic E-state index is 0.195. The largest absolute Gasteiger partial charge is 0.356 e. The van der Waals surface area contributed by atoms with Crippen LogP contribution in [0, 0.1) is 0 Å². The quantitative estimate of drug-likeness (QED) is 0.795. The van der Waals surface area contributed by atoms with Gasteiger partial charge in [-0.05, 0) is 56.9 Å². The van der Waals surface area contributed by atoms with Gasteiger partial charge < -0.3 is 10.2 Å². The Bertz CT molecular complexity index is 429. The molecule has 1 unspecified atom stereocenters. The normalized spacial score (nSPS) is 17.5. The van der Waals surface area contributed by atoms with Crippen molar-refractivity contribution in [3.8, 4) is 0 Å². The second-order valence-electron chi connectivity index (χ2n) is 5.65. The Hall–Kier alpha value is -1.35. The van der Waals surface area contributed by atoms with Crippen LogP contribution < -0.4 is 5.32 Å². The molecule has 0 spiro atoms. The van der Waals surface area contributed by atoms with E-state index in [1.165, 1.54) is 11.1 Å². The Kier molecular flexibility index (Phi) is 4.97. The molecule has 104 valence electrons. The van der Waals surface area contributed by atoms with Crippen LogP contribution in [0.1, 0.15) is 36.3 Å². The summed E-state index contributed by atoms with van der Waals surface area (Å²) in [7, 11) is 4.11. The van der Waals surface area contributed by atoms with Crippen molar-refractivity contribution in [3.05, 3.63) is 35.4 Å². The summed E-state index contributed by atoms with van der Waals surface area (Å²) < 4.78 is 0. The highest BCUT2D eigenvalue weighted by molar-refractivity contribution is 5.77. The van der Waals surface area contributed by atoms with Gasteiger partial charge in [0.2, 0.25) is 5.91 Å². The summed E-state index contributed by atoms with van der Waals surface area (Å²) >= 11 is 0. The minimum Gasteiger partial charge on any atom is -0.356 e. The monoisotopic (exact) mass is 260 g/mol. The average Bonchev–Trinajstić information content (AvgIpc) is 2.78. The summed E-state index contributed by atoms with van der Waals surface area (Å²) in [4.78, 5) is 14.1. The van der Waals surface area contributed by atoms with Gasteiger partial charge in [0, 0.05) is 13.0 Å². The van der Waals surface area contributed by atoms with Crippen LogP contribution in [0.5, 0.6) is 0 Å². The standard InChI is InChI=1S/C16H24N2O/c1-18(2)11-5-10-17-16(19)12-14-9-8-13-6-3-4-7-15(13)14/h3-4,6-7,14H,5,8-12H2,1-2H3,(H,17,19). The Morgan fingerprint density at radius 1 is 1.37 bits per heavy atom. The van der Waals surface area contributed by atoms with E-state index in [-0.39, 0.29) is 5.91 Å². The fourth-order valence-corrected chi connectivity index (χ4v) is 2.78. The van der Waals surface area contributed by atoms with E-state index in [0.717, 1.165) is 32.4 Å². The van der Waals surface area contributed by atoms with Gasteiger partial charge in [-0.2, -0.15) is 0 Å². The number of amides is 1. The third-order valence-corrected chi connectivity index (χ3v) is 3.79. The number of carbonyl (C=O) groups is 1. The van der Waals surface area contributed by atoms with Crippen molar-refractivity contribution in [2.75, 3.05) is 27.2 Å². The maximum absolute atomic E-state index is 11.9. The van der Waals surface area contributed by atoms with Crippen LogP contribution in [0.3, 0.4) is 0 Å². The predicted molar refractivity (Wildman–Crippen MR) is 78.3 cm³/mol. The number of hydrogen-bond donors (Lipinski definition) is 1. The molecule has 0 bridgehead atoms. The summed E-state index contributed by atoms with van der Waals surface area (Å²) in [5, 5.41) is 3.03. The molecule has 2 rings (SSSR count). The van der Waals surface area contributed by atoms with Crippen LogP contribution in [0.25, 0.3) is 0 Å². The number of rotatable bonds is 6. The summed E-state index contributed by atoms with van der Waals surface area (Å²) in [6, 6.07) is 8.52. The van der Waals surface area contributed by atoms with Gasteiger partial charge in [0.1, 0.15) is 0 Å². The predicted octanol–water partition coefficient (Wildman–Crippen LogP) is 2.17. The molecule has 19 heavy (non-hydrogen) atoms. The van der Waals surface area contributed by atoms with Gasteiger partial charge in [0.25, 0.3) is 0 Å². The van der Waals surface area contributed by atoms with Crippen molar-refractivity contribution < 1.29 is 4.79 Å². The van der Waals surface area contributed by atoms with Crippen molar-refractivity contribution in [2.24, 2.45) is 0 Å². The van der Waals surface area contributed by atoms with Crippen LogP contribution in [-0.2, 0) is 11.2 Å².